The van der Waals surface area contributed by atoms with Crippen molar-refractivity contribution >= 4 is 45.8 Å². The summed E-state index contributed by atoms with van der Waals surface area (Å²) >= 11 is 7.51. The number of piperazine rings is 1. The van der Waals surface area contributed by atoms with Crippen molar-refractivity contribution in [3.8, 4) is 0 Å². The Morgan fingerprint density at radius 2 is 2.40 bits per heavy atom. The molecular formula is C12H11ClN4O2S. The van der Waals surface area contributed by atoms with Gasteiger partial charge in [0.15, 0.2) is 10.1 Å². The molecule has 3 heterocycles. The normalized spacial score (nSPS) is 16.1. The largest absolute Gasteiger partial charge is 0.353 e. The van der Waals surface area contributed by atoms with E-state index in [0.29, 0.717) is 23.9 Å². The molecule has 2 aromatic heterocycles. The molecule has 1 saturated heterocycles. The van der Waals surface area contributed by atoms with E-state index in [1.54, 1.807) is 6.08 Å². The first-order chi connectivity index (χ1) is 9.65. The van der Waals surface area contributed by atoms with Gasteiger partial charge in [-0.25, -0.2) is 4.98 Å². The standard InChI is InChI=1S/C12H11ClN4O2S/c13-11-8(17-5-6-20-12(17)15-11)1-2-10(19)16-4-3-14-9(18)7-16/h1-2,5-6H,3-4,7H2,(H,14,18)/b2-1-. The summed E-state index contributed by atoms with van der Waals surface area (Å²) in [5.74, 6) is -0.346. The molecule has 104 valence electrons. The van der Waals surface area contributed by atoms with Gasteiger partial charge in [-0.05, 0) is 6.08 Å². The van der Waals surface area contributed by atoms with Crippen molar-refractivity contribution in [2.24, 2.45) is 0 Å². The molecule has 0 saturated carbocycles. The minimum Gasteiger partial charge on any atom is -0.353 e. The van der Waals surface area contributed by atoms with Gasteiger partial charge in [-0.2, -0.15) is 0 Å². The fraction of sp³-hybridized carbons (Fsp3) is 0.250. The lowest BCUT2D eigenvalue weighted by atomic mass is 10.3. The number of rotatable bonds is 2. The minimum absolute atomic E-state index is 0.0944. The van der Waals surface area contributed by atoms with Crippen LogP contribution in [0.15, 0.2) is 17.7 Å². The fourth-order valence-electron chi connectivity index (χ4n) is 2.01. The summed E-state index contributed by atoms with van der Waals surface area (Å²) in [5.41, 5.74) is 0.665. The second kappa shape index (κ2) is 5.26. The van der Waals surface area contributed by atoms with E-state index in [-0.39, 0.29) is 18.4 Å². The van der Waals surface area contributed by atoms with E-state index in [1.165, 1.54) is 22.3 Å². The Labute approximate surface area is 123 Å². The van der Waals surface area contributed by atoms with Gasteiger partial charge in [0.05, 0.1) is 12.2 Å². The summed E-state index contributed by atoms with van der Waals surface area (Å²) in [6.45, 7) is 1.10. The lowest BCUT2D eigenvalue weighted by molar-refractivity contribution is -0.134. The van der Waals surface area contributed by atoms with E-state index in [1.807, 2.05) is 16.0 Å². The molecule has 1 N–H and O–H groups in total. The molecule has 8 heteroatoms. The van der Waals surface area contributed by atoms with Crippen LogP contribution in [0.4, 0.5) is 0 Å². The Morgan fingerprint density at radius 1 is 1.55 bits per heavy atom. The summed E-state index contributed by atoms with van der Waals surface area (Å²) in [7, 11) is 0. The first-order valence-electron chi connectivity index (χ1n) is 6.00. The van der Waals surface area contributed by atoms with E-state index in [0.717, 1.165) is 4.96 Å². The van der Waals surface area contributed by atoms with Crippen molar-refractivity contribution in [3.05, 3.63) is 28.5 Å². The quantitative estimate of drug-likeness (QED) is 0.842. The van der Waals surface area contributed by atoms with E-state index < -0.39 is 0 Å². The fourth-order valence-corrected chi connectivity index (χ4v) is 3.01. The van der Waals surface area contributed by atoms with Crippen molar-refractivity contribution in [2.75, 3.05) is 19.6 Å². The molecule has 0 radical (unpaired) electrons. The Bertz CT molecular complexity index is 705. The highest BCUT2D eigenvalue weighted by atomic mass is 35.5. The third-order valence-corrected chi connectivity index (χ3v) is 4.02. The average molecular weight is 311 g/mol. The highest BCUT2D eigenvalue weighted by Crippen LogP contribution is 2.22. The Morgan fingerprint density at radius 3 is 3.20 bits per heavy atom. The maximum Gasteiger partial charge on any atom is 0.247 e. The first kappa shape index (κ1) is 13.1. The van der Waals surface area contributed by atoms with Gasteiger partial charge in [-0.3, -0.25) is 14.0 Å². The molecule has 1 aliphatic rings. The molecule has 20 heavy (non-hydrogen) atoms. The summed E-state index contributed by atoms with van der Waals surface area (Å²) in [4.78, 5) is 29.7. The van der Waals surface area contributed by atoms with Crippen LogP contribution in [0.2, 0.25) is 5.15 Å². The molecule has 1 aliphatic heterocycles. The zero-order valence-corrected chi connectivity index (χ0v) is 11.9. The number of imidazole rings is 1. The third kappa shape index (κ3) is 2.41. The van der Waals surface area contributed by atoms with Crippen LogP contribution >= 0.6 is 22.9 Å². The minimum atomic E-state index is -0.207. The van der Waals surface area contributed by atoms with Gasteiger partial charge >= 0.3 is 0 Å². The SMILES string of the molecule is O=C1CN(C(=O)/C=C\c2c(Cl)nc3sccn23)CCN1. The molecule has 0 unspecified atom stereocenters. The predicted octanol–water partition coefficient (Wildman–Crippen LogP) is 1.02. The zero-order valence-electron chi connectivity index (χ0n) is 10.4. The maximum atomic E-state index is 12.0. The molecule has 3 rings (SSSR count). The van der Waals surface area contributed by atoms with Crippen LogP contribution < -0.4 is 5.32 Å². The molecule has 6 nitrogen and oxygen atoms in total. The number of carbonyl (C=O) groups is 2. The number of amides is 2. The van der Waals surface area contributed by atoms with Crippen molar-refractivity contribution in [1.29, 1.82) is 0 Å². The number of nitrogens with zero attached hydrogens (tertiary/aromatic N) is 3. The highest BCUT2D eigenvalue weighted by molar-refractivity contribution is 7.15. The molecule has 2 aromatic rings. The number of thiazole rings is 1. The summed E-state index contributed by atoms with van der Waals surface area (Å²) in [6.07, 6.45) is 4.90. The van der Waals surface area contributed by atoms with E-state index in [4.69, 9.17) is 11.6 Å². The van der Waals surface area contributed by atoms with Crippen molar-refractivity contribution < 1.29 is 9.59 Å². The number of hydrogen-bond donors (Lipinski definition) is 1. The van der Waals surface area contributed by atoms with Gasteiger partial charge in [0.25, 0.3) is 0 Å². The predicted molar refractivity (Wildman–Crippen MR) is 76.7 cm³/mol. The van der Waals surface area contributed by atoms with Crippen LogP contribution in [0.1, 0.15) is 5.69 Å². The lowest BCUT2D eigenvalue weighted by Gasteiger charge is -2.25. The highest BCUT2D eigenvalue weighted by Gasteiger charge is 2.19. The van der Waals surface area contributed by atoms with E-state index in [2.05, 4.69) is 10.3 Å². The molecular weight excluding hydrogens is 300 g/mol. The lowest BCUT2D eigenvalue weighted by Crippen LogP contribution is -2.49. The third-order valence-electron chi connectivity index (χ3n) is 2.99. The Balaban J connectivity index is 1.79. The zero-order chi connectivity index (χ0) is 14.1. The van der Waals surface area contributed by atoms with Gasteiger partial charge in [0.1, 0.15) is 0 Å². The smallest absolute Gasteiger partial charge is 0.247 e. The molecule has 1 fully saturated rings. The average Bonchev–Trinajstić information content (AvgIpc) is 2.97. The molecule has 0 aromatic carbocycles. The number of fused-ring (bicyclic) bond motifs is 1. The van der Waals surface area contributed by atoms with Crippen molar-refractivity contribution in [2.45, 2.75) is 0 Å². The molecule has 0 atom stereocenters. The van der Waals surface area contributed by atoms with Crippen molar-refractivity contribution in [3.63, 3.8) is 0 Å². The number of carbonyl (C=O) groups excluding carboxylic acids is 2. The van der Waals surface area contributed by atoms with Crippen LogP contribution in [0.5, 0.6) is 0 Å². The van der Waals surface area contributed by atoms with Gasteiger partial charge < -0.3 is 10.2 Å². The van der Waals surface area contributed by atoms with Crippen LogP contribution in [-0.2, 0) is 9.59 Å². The summed E-state index contributed by atoms with van der Waals surface area (Å²) in [5, 5.41) is 4.93. The second-order valence-corrected chi connectivity index (χ2v) is 5.52. The monoisotopic (exact) mass is 310 g/mol. The summed E-state index contributed by atoms with van der Waals surface area (Å²) in [6, 6.07) is 0. The molecule has 0 bridgehead atoms. The van der Waals surface area contributed by atoms with Crippen LogP contribution in [0, 0.1) is 0 Å². The first-order valence-corrected chi connectivity index (χ1v) is 7.25. The number of nitrogens with one attached hydrogen (secondary N) is 1. The summed E-state index contributed by atoms with van der Waals surface area (Å²) < 4.78 is 1.82. The topological polar surface area (TPSA) is 66.7 Å². The van der Waals surface area contributed by atoms with Gasteiger partial charge in [0.2, 0.25) is 11.8 Å². The number of aromatic nitrogens is 2. The Kier molecular flexibility index (Phi) is 3.45. The van der Waals surface area contributed by atoms with Crippen molar-refractivity contribution in [1.82, 2.24) is 19.6 Å². The van der Waals surface area contributed by atoms with Gasteiger partial charge in [0, 0.05) is 30.7 Å². The van der Waals surface area contributed by atoms with Gasteiger partial charge in [-0.1, -0.05) is 11.6 Å². The maximum absolute atomic E-state index is 12.0. The van der Waals surface area contributed by atoms with Crippen LogP contribution in [-0.4, -0.2) is 45.7 Å². The number of hydrogen-bond acceptors (Lipinski definition) is 4. The number of halogens is 1. The van der Waals surface area contributed by atoms with Gasteiger partial charge in [-0.15, -0.1) is 11.3 Å². The molecule has 0 aliphatic carbocycles. The molecule has 2 amide bonds. The van der Waals surface area contributed by atoms with Crippen LogP contribution in [0.25, 0.3) is 11.0 Å². The van der Waals surface area contributed by atoms with Crippen LogP contribution in [0.3, 0.4) is 0 Å². The Hall–Kier alpha value is -1.86. The van der Waals surface area contributed by atoms with E-state index in [9.17, 15) is 9.59 Å². The molecule has 0 spiro atoms. The second-order valence-electron chi connectivity index (χ2n) is 4.29. The van der Waals surface area contributed by atoms with E-state index >= 15 is 0 Å².